The Bertz CT molecular complexity index is 320. The third kappa shape index (κ3) is 1.23. The molecule has 0 saturated heterocycles. The molecule has 64 valence electrons. The van der Waals surface area contributed by atoms with E-state index in [0.717, 1.165) is 5.75 Å². The van der Waals surface area contributed by atoms with Crippen LogP contribution in [-0.2, 0) is 0 Å². The molecule has 0 unspecified atom stereocenters. The predicted molar refractivity (Wildman–Crippen MR) is 46.8 cm³/mol. The van der Waals surface area contributed by atoms with Crippen LogP contribution >= 0.6 is 11.6 Å². The zero-order valence-corrected chi connectivity index (χ0v) is 7.68. The highest BCUT2D eigenvalue weighted by Crippen LogP contribution is 2.40. The van der Waals surface area contributed by atoms with Crippen molar-refractivity contribution in [3.05, 3.63) is 23.2 Å². The van der Waals surface area contributed by atoms with Gasteiger partial charge >= 0.3 is 0 Å². The number of benzene rings is 1. The smallest absolute Gasteiger partial charge is 0.246 e. The van der Waals surface area contributed by atoms with Gasteiger partial charge in [0.1, 0.15) is 0 Å². The molecule has 0 fully saturated rings. The second kappa shape index (κ2) is 2.30. The highest BCUT2D eigenvalue weighted by Gasteiger charge is 2.31. The summed E-state index contributed by atoms with van der Waals surface area (Å²) >= 11 is 5.78. The summed E-state index contributed by atoms with van der Waals surface area (Å²) in [5, 5.41) is 0.662. The summed E-state index contributed by atoms with van der Waals surface area (Å²) in [6.07, 6.45) is 0. The van der Waals surface area contributed by atoms with Crippen LogP contribution in [0.15, 0.2) is 18.2 Å². The monoisotopic (exact) mass is 184 g/mol. The lowest BCUT2D eigenvalue weighted by atomic mass is 10.3. The molecule has 1 aliphatic rings. The van der Waals surface area contributed by atoms with Crippen molar-refractivity contribution in [2.75, 3.05) is 0 Å². The fourth-order valence-corrected chi connectivity index (χ4v) is 1.36. The van der Waals surface area contributed by atoms with E-state index in [1.54, 1.807) is 12.1 Å². The molecule has 12 heavy (non-hydrogen) atoms. The second-order valence-corrected chi connectivity index (χ2v) is 3.63. The summed E-state index contributed by atoms with van der Waals surface area (Å²) in [4.78, 5) is 0. The van der Waals surface area contributed by atoms with Gasteiger partial charge in [0.25, 0.3) is 0 Å². The molecule has 1 heterocycles. The molecule has 2 nitrogen and oxygen atoms in total. The quantitative estimate of drug-likeness (QED) is 0.617. The van der Waals surface area contributed by atoms with Crippen molar-refractivity contribution in [2.45, 2.75) is 19.6 Å². The minimum atomic E-state index is -0.562. The standard InChI is InChI=1S/C9H9ClO2/c1-9(2)11-7-4-3-6(10)5-8(7)12-9/h3-5H,1-2H3. The van der Waals surface area contributed by atoms with Crippen LogP contribution in [0.5, 0.6) is 11.5 Å². The average molecular weight is 185 g/mol. The Balaban J connectivity index is 2.43. The van der Waals surface area contributed by atoms with E-state index < -0.39 is 5.79 Å². The molecule has 0 aromatic heterocycles. The summed E-state index contributed by atoms with van der Waals surface area (Å²) in [5.41, 5.74) is 0. The summed E-state index contributed by atoms with van der Waals surface area (Å²) in [6, 6.07) is 5.35. The molecule has 1 aliphatic heterocycles. The number of ether oxygens (including phenoxy) is 2. The molecule has 0 saturated carbocycles. The molecule has 0 spiro atoms. The maximum Gasteiger partial charge on any atom is 0.246 e. The van der Waals surface area contributed by atoms with Crippen LogP contribution < -0.4 is 9.47 Å². The summed E-state index contributed by atoms with van der Waals surface area (Å²) < 4.78 is 10.9. The maximum absolute atomic E-state index is 5.78. The first-order valence-corrected chi connectivity index (χ1v) is 4.12. The Hall–Kier alpha value is -0.890. The molecule has 0 bridgehead atoms. The molecular weight excluding hydrogens is 176 g/mol. The number of halogens is 1. The van der Waals surface area contributed by atoms with Crippen LogP contribution in [0.1, 0.15) is 13.8 Å². The van der Waals surface area contributed by atoms with Crippen molar-refractivity contribution in [1.82, 2.24) is 0 Å². The van der Waals surface area contributed by atoms with Crippen molar-refractivity contribution < 1.29 is 9.47 Å². The Morgan fingerprint density at radius 3 is 2.58 bits per heavy atom. The Morgan fingerprint density at radius 1 is 1.17 bits per heavy atom. The van der Waals surface area contributed by atoms with E-state index >= 15 is 0 Å². The minimum absolute atomic E-state index is 0.562. The van der Waals surface area contributed by atoms with Crippen LogP contribution in [0.3, 0.4) is 0 Å². The van der Waals surface area contributed by atoms with E-state index in [0.29, 0.717) is 10.8 Å². The van der Waals surface area contributed by atoms with Crippen LogP contribution in [0.25, 0.3) is 0 Å². The second-order valence-electron chi connectivity index (χ2n) is 3.20. The molecule has 1 aromatic carbocycles. The van der Waals surface area contributed by atoms with E-state index in [1.165, 1.54) is 0 Å². The van der Waals surface area contributed by atoms with Gasteiger partial charge in [0.05, 0.1) is 0 Å². The fraction of sp³-hybridized carbons (Fsp3) is 0.333. The van der Waals surface area contributed by atoms with Crippen molar-refractivity contribution in [2.24, 2.45) is 0 Å². The van der Waals surface area contributed by atoms with Crippen LogP contribution in [-0.4, -0.2) is 5.79 Å². The zero-order valence-electron chi connectivity index (χ0n) is 6.93. The van der Waals surface area contributed by atoms with Crippen LogP contribution in [0, 0.1) is 0 Å². The maximum atomic E-state index is 5.78. The van der Waals surface area contributed by atoms with Crippen molar-refractivity contribution in [3.63, 3.8) is 0 Å². The van der Waals surface area contributed by atoms with E-state index in [4.69, 9.17) is 21.1 Å². The van der Waals surface area contributed by atoms with Gasteiger partial charge in [-0.1, -0.05) is 11.6 Å². The normalized spacial score (nSPS) is 17.9. The largest absolute Gasteiger partial charge is 0.449 e. The lowest BCUT2D eigenvalue weighted by Gasteiger charge is -2.16. The zero-order chi connectivity index (χ0) is 8.77. The number of fused-ring (bicyclic) bond motifs is 1. The first-order valence-electron chi connectivity index (χ1n) is 3.74. The predicted octanol–water partition coefficient (Wildman–Crippen LogP) is 2.85. The van der Waals surface area contributed by atoms with Gasteiger partial charge < -0.3 is 9.47 Å². The molecule has 0 amide bonds. The highest BCUT2D eigenvalue weighted by molar-refractivity contribution is 6.30. The van der Waals surface area contributed by atoms with Gasteiger partial charge in [-0.15, -0.1) is 0 Å². The van der Waals surface area contributed by atoms with Crippen LogP contribution in [0.4, 0.5) is 0 Å². The van der Waals surface area contributed by atoms with Gasteiger partial charge in [0.2, 0.25) is 5.79 Å². The fourth-order valence-electron chi connectivity index (χ4n) is 1.20. The van der Waals surface area contributed by atoms with Crippen LogP contribution in [0.2, 0.25) is 5.02 Å². The van der Waals surface area contributed by atoms with E-state index in [-0.39, 0.29) is 0 Å². The first kappa shape index (κ1) is 7.74. The van der Waals surface area contributed by atoms with Gasteiger partial charge in [0.15, 0.2) is 11.5 Å². The van der Waals surface area contributed by atoms with Gasteiger partial charge in [-0.3, -0.25) is 0 Å². The highest BCUT2D eigenvalue weighted by atomic mass is 35.5. The molecule has 3 heteroatoms. The number of rotatable bonds is 0. The molecule has 0 radical (unpaired) electrons. The third-order valence-electron chi connectivity index (χ3n) is 1.62. The van der Waals surface area contributed by atoms with Gasteiger partial charge in [-0.2, -0.15) is 0 Å². The van der Waals surface area contributed by atoms with Crippen molar-refractivity contribution in [1.29, 1.82) is 0 Å². The minimum Gasteiger partial charge on any atom is -0.449 e. The molecule has 0 aliphatic carbocycles. The SMILES string of the molecule is CC1(C)Oc2ccc(Cl)cc2O1. The Labute approximate surface area is 76.1 Å². The molecule has 0 atom stereocenters. The van der Waals surface area contributed by atoms with E-state index in [9.17, 15) is 0 Å². The van der Waals surface area contributed by atoms with Gasteiger partial charge in [0, 0.05) is 24.9 Å². The molecule has 2 rings (SSSR count). The molecule has 1 aromatic rings. The van der Waals surface area contributed by atoms with Gasteiger partial charge in [-0.25, -0.2) is 0 Å². The van der Waals surface area contributed by atoms with Crippen molar-refractivity contribution in [3.8, 4) is 11.5 Å². The molecular formula is C9H9ClO2. The van der Waals surface area contributed by atoms with Crippen molar-refractivity contribution >= 4 is 11.6 Å². The number of hydrogen-bond donors (Lipinski definition) is 0. The first-order chi connectivity index (χ1) is 5.57. The van der Waals surface area contributed by atoms with E-state index in [1.807, 2.05) is 19.9 Å². The topological polar surface area (TPSA) is 18.5 Å². The Morgan fingerprint density at radius 2 is 1.83 bits per heavy atom. The van der Waals surface area contributed by atoms with Gasteiger partial charge in [-0.05, 0) is 12.1 Å². The lowest BCUT2D eigenvalue weighted by Crippen LogP contribution is -2.29. The summed E-state index contributed by atoms with van der Waals surface area (Å²) in [7, 11) is 0. The number of hydrogen-bond acceptors (Lipinski definition) is 2. The third-order valence-corrected chi connectivity index (χ3v) is 1.85. The summed E-state index contributed by atoms with van der Waals surface area (Å²) in [5.74, 6) is 0.907. The molecule has 0 N–H and O–H groups in total. The lowest BCUT2D eigenvalue weighted by molar-refractivity contribution is -0.0431. The average Bonchev–Trinajstić information content (AvgIpc) is 2.21. The van der Waals surface area contributed by atoms with E-state index in [2.05, 4.69) is 0 Å². The Kier molecular flexibility index (Phi) is 1.48. The summed E-state index contributed by atoms with van der Waals surface area (Å²) in [6.45, 7) is 3.72.